The van der Waals surface area contributed by atoms with Crippen LogP contribution in [0.25, 0.3) is 0 Å². The number of nitrogens with zero attached hydrogens (tertiary/aromatic N) is 2. The highest BCUT2D eigenvalue weighted by Crippen LogP contribution is 2.12. The van der Waals surface area contributed by atoms with E-state index in [9.17, 15) is 0 Å². The Kier molecular flexibility index (Phi) is 14.1. The van der Waals surface area contributed by atoms with Gasteiger partial charge in [0.15, 0.2) is 5.96 Å². The SMILES string of the molecule is CCNC(=NCCCN(CC)c1ccccc1)NCCCOC1CCOC1.I. The molecule has 0 aromatic heterocycles. The monoisotopic (exact) mass is 504 g/mol. The lowest BCUT2D eigenvalue weighted by Crippen LogP contribution is -2.38. The van der Waals surface area contributed by atoms with Crippen molar-refractivity contribution >= 4 is 35.6 Å². The Bertz CT molecular complexity index is 524. The Labute approximate surface area is 187 Å². The van der Waals surface area contributed by atoms with E-state index < -0.39 is 0 Å². The van der Waals surface area contributed by atoms with Gasteiger partial charge in [0.25, 0.3) is 0 Å². The first-order valence-corrected chi connectivity index (χ1v) is 10.3. The summed E-state index contributed by atoms with van der Waals surface area (Å²) in [5.74, 6) is 0.893. The number of benzene rings is 1. The van der Waals surface area contributed by atoms with Crippen molar-refractivity contribution in [1.82, 2.24) is 10.6 Å². The summed E-state index contributed by atoms with van der Waals surface area (Å²) in [7, 11) is 0. The van der Waals surface area contributed by atoms with E-state index in [4.69, 9.17) is 14.5 Å². The van der Waals surface area contributed by atoms with Crippen LogP contribution in [-0.4, -0.2) is 64.6 Å². The molecule has 6 nitrogen and oxygen atoms in total. The van der Waals surface area contributed by atoms with Crippen LogP contribution in [0.15, 0.2) is 35.3 Å². The molecule has 0 radical (unpaired) electrons. The zero-order valence-corrected chi connectivity index (χ0v) is 19.7. The normalized spacial score (nSPS) is 16.5. The number of halogens is 1. The first kappa shape index (κ1) is 25.0. The topological polar surface area (TPSA) is 58.1 Å². The highest BCUT2D eigenvalue weighted by atomic mass is 127. The van der Waals surface area contributed by atoms with E-state index in [1.54, 1.807) is 0 Å². The molecule has 0 aliphatic carbocycles. The number of aliphatic imine (C=N–C) groups is 1. The van der Waals surface area contributed by atoms with Gasteiger partial charge in [-0.3, -0.25) is 4.99 Å². The van der Waals surface area contributed by atoms with Gasteiger partial charge in [-0.2, -0.15) is 0 Å². The third kappa shape index (κ3) is 9.93. The van der Waals surface area contributed by atoms with Crippen molar-refractivity contribution in [2.75, 3.05) is 57.4 Å². The second kappa shape index (κ2) is 15.8. The third-order valence-corrected chi connectivity index (χ3v) is 4.56. The Morgan fingerprint density at radius 1 is 1.21 bits per heavy atom. The molecule has 1 heterocycles. The molecule has 0 saturated carbocycles. The lowest BCUT2D eigenvalue weighted by Gasteiger charge is -2.22. The van der Waals surface area contributed by atoms with E-state index in [1.165, 1.54) is 5.69 Å². The molecule has 160 valence electrons. The van der Waals surface area contributed by atoms with Crippen molar-refractivity contribution in [2.24, 2.45) is 4.99 Å². The van der Waals surface area contributed by atoms with Crippen molar-refractivity contribution in [3.63, 3.8) is 0 Å². The first-order chi connectivity index (χ1) is 13.3. The fourth-order valence-corrected chi connectivity index (χ4v) is 3.08. The van der Waals surface area contributed by atoms with E-state index in [-0.39, 0.29) is 30.1 Å². The Balaban J connectivity index is 0.00000392. The van der Waals surface area contributed by atoms with Gasteiger partial charge in [-0.25, -0.2) is 0 Å². The highest BCUT2D eigenvalue weighted by Gasteiger charge is 2.15. The maximum atomic E-state index is 5.79. The summed E-state index contributed by atoms with van der Waals surface area (Å²) in [4.78, 5) is 7.08. The van der Waals surface area contributed by atoms with E-state index >= 15 is 0 Å². The minimum Gasteiger partial charge on any atom is -0.379 e. The molecule has 1 aliphatic heterocycles. The zero-order valence-electron chi connectivity index (χ0n) is 17.4. The van der Waals surface area contributed by atoms with Crippen LogP contribution in [-0.2, 0) is 9.47 Å². The highest BCUT2D eigenvalue weighted by molar-refractivity contribution is 14.0. The molecule has 1 aliphatic rings. The predicted octanol–water partition coefficient (Wildman–Crippen LogP) is 3.27. The number of nitrogens with one attached hydrogen (secondary N) is 2. The Morgan fingerprint density at radius 2 is 2.04 bits per heavy atom. The number of hydrogen-bond donors (Lipinski definition) is 2. The average Bonchev–Trinajstić information content (AvgIpc) is 3.22. The van der Waals surface area contributed by atoms with Crippen LogP contribution in [0.2, 0.25) is 0 Å². The molecule has 1 unspecified atom stereocenters. The quantitative estimate of drug-likeness (QED) is 0.198. The number of anilines is 1. The summed E-state index contributed by atoms with van der Waals surface area (Å²) in [5, 5.41) is 6.71. The van der Waals surface area contributed by atoms with Crippen LogP contribution in [0, 0.1) is 0 Å². The largest absolute Gasteiger partial charge is 0.379 e. The van der Waals surface area contributed by atoms with Crippen molar-refractivity contribution in [2.45, 2.75) is 39.2 Å². The molecule has 1 atom stereocenters. The van der Waals surface area contributed by atoms with Gasteiger partial charge in [0.1, 0.15) is 0 Å². The lowest BCUT2D eigenvalue weighted by molar-refractivity contribution is 0.0420. The van der Waals surface area contributed by atoms with Gasteiger partial charge in [-0.1, -0.05) is 18.2 Å². The van der Waals surface area contributed by atoms with Gasteiger partial charge in [-0.05, 0) is 45.2 Å². The standard InChI is InChI=1S/C21H36N4O2.HI/c1-3-22-21(24-14-9-16-27-20-12-17-26-18-20)23-13-8-15-25(4-2)19-10-6-5-7-11-19;/h5-7,10-11,20H,3-4,8-9,12-18H2,1-2H3,(H2,22,23,24);1H. The first-order valence-electron chi connectivity index (χ1n) is 10.3. The van der Waals surface area contributed by atoms with E-state index in [0.29, 0.717) is 0 Å². The molecule has 2 rings (SSSR count). The Morgan fingerprint density at radius 3 is 2.71 bits per heavy atom. The second-order valence-corrected chi connectivity index (χ2v) is 6.67. The molecule has 1 saturated heterocycles. The summed E-state index contributed by atoms with van der Waals surface area (Å²) in [6, 6.07) is 10.6. The van der Waals surface area contributed by atoms with Crippen molar-refractivity contribution in [3.8, 4) is 0 Å². The molecule has 1 aromatic rings. The lowest BCUT2D eigenvalue weighted by atomic mass is 10.2. The van der Waals surface area contributed by atoms with E-state index in [1.807, 2.05) is 0 Å². The average molecular weight is 504 g/mol. The van der Waals surface area contributed by atoms with E-state index in [2.05, 4.69) is 59.7 Å². The van der Waals surface area contributed by atoms with E-state index in [0.717, 1.165) is 77.8 Å². The van der Waals surface area contributed by atoms with Gasteiger partial charge < -0.3 is 25.0 Å². The number of hydrogen-bond acceptors (Lipinski definition) is 4. The molecule has 0 bridgehead atoms. The summed E-state index contributed by atoms with van der Waals surface area (Å²) >= 11 is 0. The minimum atomic E-state index is 0. The molecule has 28 heavy (non-hydrogen) atoms. The van der Waals surface area contributed by atoms with Gasteiger partial charge >= 0.3 is 0 Å². The van der Waals surface area contributed by atoms with Crippen LogP contribution in [0.4, 0.5) is 5.69 Å². The van der Waals surface area contributed by atoms with Crippen LogP contribution in [0.3, 0.4) is 0 Å². The summed E-state index contributed by atoms with van der Waals surface area (Å²) in [6.07, 6.45) is 3.32. The predicted molar refractivity (Wildman–Crippen MR) is 128 cm³/mol. The van der Waals surface area contributed by atoms with Crippen molar-refractivity contribution < 1.29 is 9.47 Å². The molecule has 2 N–H and O–H groups in total. The number of rotatable bonds is 12. The Hall–Kier alpha value is -1.06. The van der Waals surface area contributed by atoms with Crippen LogP contribution < -0.4 is 15.5 Å². The van der Waals surface area contributed by atoms with Gasteiger partial charge in [0.05, 0.1) is 12.7 Å². The molecule has 1 fully saturated rings. The summed E-state index contributed by atoms with van der Waals surface area (Å²) in [5.41, 5.74) is 1.28. The van der Waals surface area contributed by atoms with Crippen molar-refractivity contribution in [1.29, 1.82) is 0 Å². The number of ether oxygens (including phenoxy) is 2. The van der Waals surface area contributed by atoms with Crippen molar-refractivity contribution in [3.05, 3.63) is 30.3 Å². The zero-order chi connectivity index (χ0) is 19.2. The fraction of sp³-hybridized carbons (Fsp3) is 0.667. The second-order valence-electron chi connectivity index (χ2n) is 6.67. The molecule has 1 aromatic carbocycles. The van der Waals surface area contributed by atoms with Crippen LogP contribution in [0.5, 0.6) is 0 Å². The number of para-hydroxylation sites is 1. The number of guanidine groups is 1. The molecular weight excluding hydrogens is 467 g/mol. The maximum absolute atomic E-state index is 5.79. The third-order valence-electron chi connectivity index (χ3n) is 4.56. The molecule has 0 spiro atoms. The van der Waals surface area contributed by atoms with Gasteiger partial charge in [-0.15, -0.1) is 24.0 Å². The van der Waals surface area contributed by atoms with Gasteiger partial charge in [0.2, 0.25) is 0 Å². The summed E-state index contributed by atoms with van der Waals surface area (Å²) < 4.78 is 11.1. The van der Waals surface area contributed by atoms with Gasteiger partial charge in [0, 0.05) is 51.6 Å². The molecule has 7 heteroatoms. The minimum absolute atomic E-state index is 0. The van der Waals surface area contributed by atoms with Crippen LogP contribution in [0.1, 0.15) is 33.1 Å². The van der Waals surface area contributed by atoms with Crippen LogP contribution >= 0.6 is 24.0 Å². The maximum Gasteiger partial charge on any atom is 0.191 e. The smallest absolute Gasteiger partial charge is 0.191 e. The fourth-order valence-electron chi connectivity index (χ4n) is 3.08. The molecule has 0 amide bonds. The summed E-state index contributed by atoms with van der Waals surface area (Å²) in [6.45, 7) is 11.2. The molecular formula is C21H37IN4O2.